The number of benzene rings is 2. The van der Waals surface area contributed by atoms with Gasteiger partial charge in [0.2, 0.25) is 0 Å². The van der Waals surface area contributed by atoms with E-state index in [-0.39, 0.29) is 18.1 Å². The summed E-state index contributed by atoms with van der Waals surface area (Å²) in [6, 6.07) is 10.9. The van der Waals surface area contributed by atoms with Gasteiger partial charge in [-0.2, -0.15) is 0 Å². The van der Waals surface area contributed by atoms with Crippen LogP contribution in [0, 0.1) is 6.92 Å². The summed E-state index contributed by atoms with van der Waals surface area (Å²) in [5.41, 5.74) is 4.63. The van der Waals surface area contributed by atoms with Crippen LogP contribution in [0.2, 0.25) is 0 Å². The number of aryl methyl sites for hydroxylation is 1. The van der Waals surface area contributed by atoms with E-state index in [1.807, 2.05) is 50.3 Å². The van der Waals surface area contributed by atoms with E-state index in [9.17, 15) is 9.59 Å². The summed E-state index contributed by atoms with van der Waals surface area (Å²) in [6.45, 7) is 10.3. The summed E-state index contributed by atoms with van der Waals surface area (Å²) in [5, 5.41) is 0. The Morgan fingerprint density at radius 2 is 1.92 bits per heavy atom. The summed E-state index contributed by atoms with van der Waals surface area (Å²) in [5.74, 6) is 1.27. The largest absolute Gasteiger partial charge is 0.497 e. The molecule has 1 aliphatic rings. The van der Waals surface area contributed by atoms with Gasteiger partial charge in [0, 0.05) is 0 Å². The molecule has 0 bridgehead atoms. The predicted molar refractivity (Wildman–Crippen MR) is 154 cm³/mol. The Balaban J connectivity index is 2.01. The van der Waals surface area contributed by atoms with Crippen LogP contribution >= 0.6 is 11.3 Å². The normalized spacial score (nSPS) is 15.3. The third-order valence-electron chi connectivity index (χ3n) is 6.83. The maximum absolute atomic E-state index is 14.1. The van der Waals surface area contributed by atoms with E-state index < -0.39 is 12.0 Å². The maximum Gasteiger partial charge on any atom is 0.338 e. The highest BCUT2D eigenvalue weighted by Crippen LogP contribution is 2.34. The minimum absolute atomic E-state index is 0.203. The van der Waals surface area contributed by atoms with Gasteiger partial charge in [0.05, 0.1) is 42.7 Å². The second-order valence-corrected chi connectivity index (χ2v) is 10.8. The lowest BCUT2D eigenvalue weighted by atomic mass is 9.94. The van der Waals surface area contributed by atoms with E-state index in [4.69, 9.17) is 19.2 Å². The quantitative estimate of drug-likeness (QED) is 0.351. The summed E-state index contributed by atoms with van der Waals surface area (Å²) in [6.07, 6.45) is 3.31. The first-order chi connectivity index (χ1) is 18.7. The molecule has 206 valence electrons. The first-order valence-corrected chi connectivity index (χ1v) is 14.1. The van der Waals surface area contributed by atoms with E-state index in [1.165, 1.54) is 11.3 Å². The van der Waals surface area contributed by atoms with Crippen molar-refractivity contribution < 1.29 is 19.0 Å². The van der Waals surface area contributed by atoms with Gasteiger partial charge in [0.25, 0.3) is 5.56 Å². The van der Waals surface area contributed by atoms with Crippen LogP contribution in [0.1, 0.15) is 74.8 Å². The molecule has 2 aromatic carbocycles. The molecule has 8 heteroatoms. The van der Waals surface area contributed by atoms with Crippen LogP contribution in [-0.4, -0.2) is 31.4 Å². The number of rotatable bonds is 9. The summed E-state index contributed by atoms with van der Waals surface area (Å²) < 4.78 is 18.7. The molecule has 0 spiro atoms. The third-order valence-corrected chi connectivity index (χ3v) is 7.81. The molecule has 1 aliphatic heterocycles. The molecule has 0 saturated heterocycles. The van der Waals surface area contributed by atoms with E-state index in [2.05, 4.69) is 19.9 Å². The molecule has 1 aromatic heterocycles. The van der Waals surface area contributed by atoms with Gasteiger partial charge in [-0.1, -0.05) is 50.7 Å². The Kier molecular flexibility index (Phi) is 8.75. The number of hydrogen-bond donors (Lipinski definition) is 0. The molecule has 4 rings (SSSR count). The highest BCUT2D eigenvalue weighted by Gasteiger charge is 2.34. The number of allylic oxidation sites excluding steroid dienone is 1. The summed E-state index contributed by atoms with van der Waals surface area (Å²) in [7, 11) is 3.27. The first kappa shape index (κ1) is 28.4. The Bertz CT molecular complexity index is 1600. The van der Waals surface area contributed by atoms with Gasteiger partial charge in [-0.3, -0.25) is 9.36 Å². The minimum Gasteiger partial charge on any atom is -0.497 e. The van der Waals surface area contributed by atoms with Gasteiger partial charge in [-0.15, -0.1) is 0 Å². The van der Waals surface area contributed by atoms with Gasteiger partial charge in [-0.25, -0.2) is 9.79 Å². The molecule has 0 amide bonds. The Labute approximate surface area is 233 Å². The van der Waals surface area contributed by atoms with Gasteiger partial charge in [-0.05, 0) is 78.8 Å². The Morgan fingerprint density at radius 3 is 2.56 bits per heavy atom. The van der Waals surface area contributed by atoms with E-state index in [0.29, 0.717) is 32.8 Å². The fourth-order valence-electron chi connectivity index (χ4n) is 4.89. The van der Waals surface area contributed by atoms with Gasteiger partial charge in [0.1, 0.15) is 11.5 Å². The highest BCUT2D eigenvalue weighted by atomic mass is 32.1. The molecular weight excluding hydrogens is 512 g/mol. The van der Waals surface area contributed by atoms with E-state index >= 15 is 0 Å². The van der Waals surface area contributed by atoms with Gasteiger partial charge >= 0.3 is 5.97 Å². The van der Waals surface area contributed by atoms with Crippen molar-refractivity contribution in [3.05, 3.63) is 89.6 Å². The number of carbonyl (C=O) groups is 1. The molecule has 0 unspecified atom stereocenters. The summed E-state index contributed by atoms with van der Waals surface area (Å²) >= 11 is 1.33. The highest BCUT2D eigenvalue weighted by molar-refractivity contribution is 7.07. The number of thiazole rings is 1. The molecule has 0 N–H and O–H groups in total. The zero-order chi connectivity index (χ0) is 28.3. The van der Waals surface area contributed by atoms with Crippen LogP contribution < -0.4 is 24.4 Å². The third kappa shape index (κ3) is 5.57. The van der Waals surface area contributed by atoms with Crippen molar-refractivity contribution in [3.8, 4) is 11.5 Å². The lowest BCUT2D eigenvalue weighted by molar-refractivity contribution is -0.139. The molecule has 39 heavy (non-hydrogen) atoms. The molecule has 0 fully saturated rings. The number of esters is 1. The number of methoxy groups -OCH3 is 2. The number of fused-ring (bicyclic) bond motifs is 1. The van der Waals surface area contributed by atoms with Crippen LogP contribution in [0.3, 0.4) is 0 Å². The smallest absolute Gasteiger partial charge is 0.338 e. The number of ether oxygens (including phenoxy) is 3. The molecule has 2 heterocycles. The van der Waals surface area contributed by atoms with Crippen molar-refractivity contribution >= 4 is 23.4 Å². The minimum atomic E-state index is -0.678. The van der Waals surface area contributed by atoms with Gasteiger partial charge < -0.3 is 14.2 Å². The van der Waals surface area contributed by atoms with Crippen molar-refractivity contribution in [2.45, 2.75) is 59.4 Å². The van der Waals surface area contributed by atoms with Crippen LogP contribution in [0.5, 0.6) is 11.5 Å². The van der Waals surface area contributed by atoms with Crippen LogP contribution in [0.15, 0.2) is 57.5 Å². The Hall–Kier alpha value is -3.65. The lowest BCUT2D eigenvalue weighted by Crippen LogP contribution is -2.40. The van der Waals surface area contributed by atoms with Crippen LogP contribution in [0.25, 0.3) is 6.08 Å². The SMILES string of the molecule is CCCC1=C(C(=O)OCC)[C@H](c2cccc(OC)c2)n2c(s/c(=C/c3cc(C(C)C)c(OC)cc3C)c2=O)=N1. The molecule has 0 saturated carbocycles. The van der Waals surface area contributed by atoms with Crippen molar-refractivity contribution in [1.29, 1.82) is 0 Å². The molecule has 3 aromatic rings. The zero-order valence-corrected chi connectivity index (χ0v) is 24.5. The number of aromatic nitrogens is 1. The first-order valence-electron chi connectivity index (χ1n) is 13.3. The summed E-state index contributed by atoms with van der Waals surface area (Å²) in [4.78, 5) is 32.8. The number of hydrogen-bond acceptors (Lipinski definition) is 7. The second-order valence-electron chi connectivity index (χ2n) is 9.80. The topological polar surface area (TPSA) is 79.1 Å². The Morgan fingerprint density at radius 1 is 1.15 bits per heavy atom. The number of nitrogens with zero attached hydrogens (tertiary/aromatic N) is 2. The van der Waals surface area contributed by atoms with Crippen LogP contribution in [-0.2, 0) is 9.53 Å². The maximum atomic E-state index is 14.1. The molecule has 1 atom stereocenters. The van der Waals surface area contributed by atoms with Crippen molar-refractivity contribution in [3.63, 3.8) is 0 Å². The molecule has 7 nitrogen and oxygen atoms in total. The monoisotopic (exact) mass is 548 g/mol. The average molecular weight is 549 g/mol. The zero-order valence-electron chi connectivity index (χ0n) is 23.7. The van der Waals surface area contributed by atoms with Crippen LogP contribution in [0.4, 0.5) is 0 Å². The van der Waals surface area contributed by atoms with Crippen molar-refractivity contribution in [1.82, 2.24) is 4.57 Å². The molecular formula is C31H36N2O5S. The molecule has 0 radical (unpaired) electrons. The fraction of sp³-hybridized carbons (Fsp3) is 0.387. The van der Waals surface area contributed by atoms with Crippen molar-refractivity contribution in [2.24, 2.45) is 4.99 Å². The number of carbonyl (C=O) groups excluding carboxylic acids is 1. The predicted octanol–water partition coefficient (Wildman–Crippen LogP) is 5.03. The lowest BCUT2D eigenvalue weighted by Gasteiger charge is -2.26. The van der Waals surface area contributed by atoms with Crippen molar-refractivity contribution in [2.75, 3.05) is 20.8 Å². The average Bonchev–Trinajstić information content (AvgIpc) is 3.23. The van der Waals surface area contributed by atoms with E-state index in [1.54, 1.807) is 25.7 Å². The molecule has 0 aliphatic carbocycles. The van der Waals surface area contributed by atoms with Gasteiger partial charge in [0.15, 0.2) is 4.80 Å². The fourth-order valence-corrected chi connectivity index (χ4v) is 5.90. The standard InChI is InChI=1S/C31H36N2O5S/c1-8-11-24-27(30(35)38-9-2)28(20-12-10-13-22(15-20)36-6)33-29(34)26(39-31(33)32-24)17-21-16-23(18(3)4)25(37-7)14-19(21)5/h10,12-18,28H,8-9,11H2,1-7H3/b26-17+/t28-/m0/s1. The van der Waals surface area contributed by atoms with E-state index in [0.717, 1.165) is 34.4 Å². The second kappa shape index (κ2) is 12.0.